The lowest BCUT2D eigenvalue weighted by Crippen LogP contribution is -2.49. The first kappa shape index (κ1) is 27.8. The van der Waals surface area contributed by atoms with Crippen LogP contribution in [0.5, 0.6) is 5.75 Å². The highest BCUT2D eigenvalue weighted by Gasteiger charge is 2.33. The van der Waals surface area contributed by atoms with Crippen LogP contribution in [0.3, 0.4) is 0 Å². The number of benzene rings is 3. The summed E-state index contributed by atoms with van der Waals surface area (Å²) in [6.07, 6.45) is 8.31. The van der Waals surface area contributed by atoms with Crippen LogP contribution in [-0.4, -0.2) is 48.4 Å². The Hall–Kier alpha value is -3.80. The zero-order valence-corrected chi connectivity index (χ0v) is 23.9. The maximum Gasteiger partial charge on any atom is 0.222 e. The number of likely N-dealkylation sites (N-methyl/N-ethyl adjacent to an activating group) is 1. The van der Waals surface area contributed by atoms with Gasteiger partial charge in [0.2, 0.25) is 5.91 Å². The van der Waals surface area contributed by atoms with Crippen molar-refractivity contribution in [3.63, 3.8) is 0 Å². The quantitative estimate of drug-likeness (QED) is 0.318. The Morgan fingerprint density at radius 2 is 1.80 bits per heavy atom. The van der Waals surface area contributed by atoms with E-state index in [-0.39, 0.29) is 11.9 Å². The van der Waals surface area contributed by atoms with Gasteiger partial charge in [0.05, 0.1) is 12.8 Å². The van der Waals surface area contributed by atoms with Crippen LogP contribution in [0, 0.1) is 5.92 Å². The van der Waals surface area contributed by atoms with Crippen LogP contribution in [0.1, 0.15) is 56.1 Å². The molecular formula is C34H42N4O2. The Balaban J connectivity index is 1.31. The van der Waals surface area contributed by atoms with Gasteiger partial charge in [-0.2, -0.15) is 0 Å². The number of nitrogens with zero attached hydrogens (tertiary/aromatic N) is 3. The number of amides is 1. The number of ether oxygens (including phenoxy) is 1. The Kier molecular flexibility index (Phi) is 9.04. The van der Waals surface area contributed by atoms with E-state index < -0.39 is 0 Å². The lowest BCUT2D eigenvalue weighted by molar-refractivity contribution is -0.130. The van der Waals surface area contributed by atoms with Gasteiger partial charge in [0, 0.05) is 38.2 Å². The zero-order valence-electron chi connectivity index (χ0n) is 23.9. The van der Waals surface area contributed by atoms with Crippen LogP contribution in [0.2, 0.25) is 0 Å². The van der Waals surface area contributed by atoms with E-state index in [1.807, 2.05) is 48.3 Å². The number of hydrogen-bond acceptors (Lipinski definition) is 5. The number of methoxy groups -OCH3 is 1. The molecule has 3 aromatic rings. The SMILES string of the molecule is COc1ccccc1-c1ccc2c(c1)CN([C@@H](CCC(=O)N(C)CCc1ccccc1)C1CCCCC1)C(N)=N2. The largest absolute Gasteiger partial charge is 0.496 e. The van der Waals surface area contributed by atoms with Gasteiger partial charge in [-0.1, -0.05) is 73.9 Å². The third kappa shape index (κ3) is 6.49. The number of carbonyl (C=O) groups is 1. The molecule has 1 saturated carbocycles. The van der Waals surface area contributed by atoms with E-state index in [1.165, 1.54) is 37.7 Å². The molecule has 5 rings (SSSR count). The van der Waals surface area contributed by atoms with Crippen LogP contribution in [0.15, 0.2) is 77.8 Å². The molecule has 1 heterocycles. The van der Waals surface area contributed by atoms with Gasteiger partial charge in [0.15, 0.2) is 5.96 Å². The normalized spacial score (nSPS) is 16.1. The molecule has 2 aliphatic rings. The molecule has 0 spiro atoms. The van der Waals surface area contributed by atoms with E-state index in [0.29, 0.717) is 24.8 Å². The molecular weight excluding hydrogens is 496 g/mol. The molecule has 0 saturated heterocycles. The second kappa shape index (κ2) is 13.0. The van der Waals surface area contributed by atoms with Gasteiger partial charge < -0.3 is 20.3 Å². The third-order valence-corrected chi connectivity index (χ3v) is 8.62. The molecule has 1 aliphatic carbocycles. The number of rotatable bonds is 10. The van der Waals surface area contributed by atoms with Gasteiger partial charge in [0.1, 0.15) is 5.75 Å². The van der Waals surface area contributed by atoms with E-state index >= 15 is 0 Å². The molecule has 0 unspecified atom stereocenters. The molecule has 1 fully saturated rings. The minimum absolute atomic E-state index is 0.193. The van der Waals surface area contributed by atoms with Crippen molar-refractivity contribution in [3.05, 3.63) is 83.9 Å². The number of fused-ring (bicyclic) bond motifs is 1. The summed E-state index contributed by atoms with van der Waals surface area (Å²) in [4.78, 5) is 22.2. The van der Waals surface area contributed by atoms with E-state index in [2.05, 4.69) is 41.3 Å². The Bertz CT molecular complexity index is 1320. The minimum atomic E-state index is 0.193. The second-order valence-corrected chi connectivity index (χ2v) is 11.2. The predicted molar refractivity (Wildman–Crippen MR) is 163 cm³/mol. The molecule has 3 aromatic carbocycles. The van der Waals surface area contributed by atoms with Gasteiger partial charge in [-0.15, -0.1) is 0 Å². The minimum Gasteiger partial charge on any atom is -0.496 e. The van der Waals surface area contributed by atoms with Crippen molar-refractivity contribution in [3.8, 4) is 16.9 Å². The molecule has 0 bridgehead atoms. The van der Waals surface area contributed by atoms with Gasteiger partial charge in [-0.25, -0.2) is 4.99 Å². The molecule has 2 N–H and O–H groups in total. The van der Waals surface area contributed by atoms with Crippen LogP contribution in [-0.2, 0) is 17.8 Å². The van der Waals surface area contributed by atoms with E-state index in [0.717, 1.165) is 47.5 Å². The van der Waals surface area contributed by atoms with Gasteiger partial charge in [0.25, 0.3) is 0 Å². The fourth-order valence-electron chi connectivity index (χ4n) is 6.30. The predicted octanol–water partition coefficient (Wildman–Crippen LogP) is 6.55. The van der Waals surface area contributed by atoms with Crippen molar-refractivity contribution in [2.75, 3.05) is 20.7 Å². The fraction of sp³-hybridized carbons (Fsp3) is 0.412. The lowest BCUT2D eigenvalue weighted by Gasteiger charge is -2.41. The van der Waals surface area contributed by atoms with Crippen molar-refractivity contribution in [1.29, 1.82) is 0 Å². The molecule has 0 radical (unpaired) electrons. The highest BCUT2D eigenvalue weighted by Crippen LogP contribution is 2.38. The Morgan fingerprint density at radius 3 is 2.58 bits per heavy atom. The van der Waals surface area contributed by atoms with Gasteiger partial charge >= 0.3 is 0 Å². The highest BCUT2D eigenvalue weighted by molar-refractivity contribution is 5.85. The van der Waals surface area contributed by atoms with Crippen LogP contribution in [0.25, 0.3) is 11.1 Å². The second-order valence-electron chi connectivity index (χ2n) is 11.2. The zero-order chi connectivity index (χ0) is 27.9. The monoisotopic (exact) mass is 538 g/mol. The standard InChI is InChI=1S/C34H42N4O2/c1-37(22-21-25-11-5-3-6-12-25)33(39)20-19-31(26-13-7-4-8-14-26)38-24-28-23-27(17-18-30(28)36-34(38)35)29-15-9-10-16-32(29)40-2/h3,5-6,9-12,15-18,23,26,31H,4,7-8,13-14,19-22,24H2,1-2H3,(H2,35,36)/t31-/m0/s1. The van der Waals surface area contributed by atoms with Gasteiger partial charge in [-0.3, -0.25) is 4.79 Å². The summed E-state index contributed by atoms with van der Waals surface area (Å²) < 4.78 is 5.62. The average Bonchev–Trinajstić information content (AvgIpc) is 3.00. The fourth-order valence-corrected chi connectivity index (χ4v) is 6.30. The summed E-state index contributed by atoms with van der Waals surface area (Å²) in [7, 11) is 3.63. The Labute approximate surface area is 238 Å². The van der Waals surface area contributed by atoms with Crippen LogP contribution in [0.4, 0.5) is 5.69 Å². The molecule has 6 nitrogen and oxygen atoms in total. The lowest BCUT2D eigenvalue weighted by atomic mass is 9.81. The number of nitrogens with two attached hydrogens (primary N) is 1. The third-order valence-electron chi connectivity index (χ3n) is 8.62. The molecule has 40 heavy (non-hydrogen) atoms. The molecule has 0 aromatic heterocycles. The molecule has 1 atom stereocenters. The number of aliphatic imine (C=N–C) groups is 1. The van der Waals surface area contributed by atoms with Crippen LogP contribution < -0.4 is 10.5 Å². The van der Waals surface area contributed by atoms with Crippen LogP contribution >= 0.6 is 0 Å². The smallest absolute Gasteiger partial charge is 0.222 e. The average molecular weight is 539 g/mol. The van der Waals surface area contributed by atoms with Crippen molar-refractivity contribution >= 4 is 17.6 Å². The number of carbonyl (C=O) groups excluding carboxylic acids is 1. The van der Waals surface area contributed by atoms with Crippen molar-refractivity contribution in [1.82, 2.24) is 9.80 Å². The van der Waals surface area contributed by atoms with Gasteiger partial charge in [-0.05, 0) is 66.5 Å². The van der Waals surface area contributed by atoms with E-state index in [9.17, 15) is 4.79 Å². The van der Waals surface area contributed by atoms with Crippen molar-refractivity contribution in [2.45, 2.75) is 64.0 Å². The summed E-state index contributed by atoms with van der Waals surface area (Å²) in [5.41, 5.74) is 12.1. The number of para-hydroxylation sites is 1. The summed E-state index contributed by atoms with van der Waals surface area (Å²) in [6.45, 7) is 1.43. The number of guanidine groups is 1. The number of hydrogen-bond donors (Lipinski definition) is 1. The molecule has 1 amide bonds. The topological polar surface area (TPSA) is 71.2 Å². The first-order chi connectivity index (χ1) is 19.5. The van der Waals surface area contributed by atoms with E-state index in [1.54, 1.807) is 7.11 Å². The highest BCUT2D eigenvalue weighted by atomic mass is 16.5. The summed E-state index contributed by atoms with van der Waals surface area (Å²) in [6, 6.07) is 25.0. The first-order valence-electron chi connectivity index (χ1n) is 14.7. The summed E-state index contributed by atoms with van der Waals surface area (Å²) in [5, 5.41) is 0. The first-order valence-corrected chi connectivity index (χ1v) is 14.7. The molecule has 6 heteroatoms. The molecule has 1 aliphatic heterocycles. The maximum absolute atomic E-state index is 13.2. The van der Waals surface area contributed by atoms with Crippen molar-refractivity contribution < 1.29 is 9.53 Å². The molecule has 210 valence electrons. The Morgan fingerprint density at radius 1 is 1.05 bits per heavy atom. The maximum atomic E-state index is 13.2. The van der Waals surface area contributed by atoms with E-state index in [4.69, 9.17) is 15.5 Å². The van der Waals surface area contributed by atoms with Crippen molar-refractivity contribution in [2.24, 2.45) is 16.6 Å². The summed E-state index contributed by atoms with van der Waals surface area (Å²) >= 11 is 0. The summed E-state index contributed by atoms with van der Waals surface area (Å²) in [5.74, 6) is 2.14.